The molecule has 0 radical (unpaired) electrons. The number of aryl methyl sites for hydroxylation is 1. The number of H-pyrrole nitrogens is 1. The van der Waals surface area contributed by atoms with Crippen molar-refractivity contribution in [2.75, 3.05) is 19.3 Å². The molecule has 0 atom stereocenters. The lowest BCUT2D eigenvalue weighted by molar-refractivity contribution is 0.0808. The van der Waals surface area contributed by atoms with E-state index in [9.17, 15) is 4.79 Å². The van der Waals surface area contributed by atoms with Gasteiger partial charge in [-0.05, 0) is 6.42 Å². The number of hydrogen-bond donors (Lipinski definition) is 2. The summed E-state index contributed by atoms with van der Waals surface area (Å²) in [6.07, 6.45) is 5.82. The smallest absolute Gasteiger partial charge is 0.277 e. The Hall–Kier alpha value is -1.96. The molecule has 0 fully saturated rings. The van der Waals surface area contributed by atoms with Crippen LogP contribution in [0.2, 0.25) is 0 Å². The van der Waals surface area contributed by atoms with Crippen LogP contribution in [-0.2, 0) is 6.42 Å². The number of carbonyl (C=O) groups is 1. The molecule has 1 rings (SSSR count). The van der Waals surface area contributed by atoms with Crippen LogP contribution in [0, 0.1) is 12.3 Å². The Morgan fingerprint density at radius 2 is 2.40 bits per heavy atom. The first-order valence-electron chi connectivity index (χ1n) is 4.63. The van der Waals surface area contributed by atoms with Crippen molar-refractivity contribution in [2.45, 2.75) is 13.3 Å². The van der Waals surface area contributed by atoms with Gasteiger partial charge in [0.05, 0.1) is 17.9 Å². The van der Waals surface area contributed by atoms with Crippen LogP contribution in [0.1, 0.15) is 23.1 Å². The van der Waals surface area contributed by atoms with E-state index >= 15 is 0 Å². The molecule has 0 saturated carbocycles. The number of hydrogen-bond acceptors (Lipinski definition) is 3. The molecule has 0 aliphatic rings. The summed E-state index contributed by atoms with van der Waals surface area (Å²) in [4.78, 5) is 13.1. The highest BCUT2D eigenvalue weighted by molar-refractivity contribution is 5.97. The Labute approximate surface area is 88.6 Å². The first-order chi connectivity index (χ1) is 7.11. The fourth-order valence-electron chi connectivity index (χ4n) is 1.21. The highest BCUT2D eigenvalue weighted by Crippen LogP contribution is 2.15. The number of anilines is 1. The second kappa shape index (κ2) is 4.51. The van der Waals surface area contributed by atoms with Crippen molar-refractivity contribution in [3.8, 4) is 12.3 Å². The minimum Gasteiger partial charge on any atom is -0.395 e. The summed E-state index contributed by atoms with van der Waals surface area (Å²) in [7, 11) is 1.61. The third-order valence-electron chi connectivity index (χ3n) is 2.11. The predicted octanol–water partition coefficient (Wildman–Crippen LogP) is 0.259. The second-order valence-corrected chi connectivity index (χ2v) is 3.18. The minimum absolute atomic E-state index is 0.240. The van der Waals surface area contributed by atoms with Crippen molar-refractivity contribution in [3.63, 3.8) is 0 Å². The van der Waals surface area contributed by atoms with E-state index in [0.717, 1.165) is 5.69 Å². The maximum absolute atomic E-state index is 11.8. The van der Waals surface area contributed by atoms with Crippen molar-refractivity contribution < 1.29 is 4.79 Å². The van der Waals surface area contributed by atoms with Gasteiger partial charge in [0.1, 0.15) is 0 Å². The van der Waals surface area contributed by atoms with Gasteiger partial charge in [0, 0.05) is 7.05 Å². The molecule has 0 unspecified atom stereocenters. The van der Waals surface area contributed by atoms with Crippen LogP contribution in [-0.4, -0.2) is 34.6 Å². The molecule has 0 spiro atoms. The van der Waals surface area contributed by atoms with Crippen LogP contribution in [0.25, 0.3) is 0 Å². The first kappa shape index (κ1) is 11.1. The van der Waals surface area contributed by atoms with Gasteiger partial charge >= 0.3 is 0 Å². The van der Waals surface area contributed by atoms with Crippen molar-refractivity contribution in [3.05, 3.63) is 11.4 Å². The van der Waals surface area contributed by atoms with Crippen molar-refractivity contribution in [1.82, 2.24) is 15.1 Å². The highest BCUT2D eigenvalue weighted by atomic mass is 16.2. The van der Waals surface area contributed by atoms with Gasteiger partial charge in [0.15, 0.2) is 5.69 Å². The summed E-state index contributed by atoms with van der Waals surface area (Å²) < 4.78 is 0. The third-order valence-corrected chi connectivity index (χ3v) is 2.11. The molecule has 3 N–H and O–H groups in total. The van der Waals surface area contributed by atoms with E-state index in [1.165, 1.54) is 4.90 Å². The van der Waals surface area contributed by atoms with Gasteiger partial charge in [0.25, 0.3) is 5.91 Å². The maximum atomic E-state index is 11.8. The SMILES string of the molecule is C#CCN(C)C(=O)c1n[nH]c(CC)c1N. The average Bonchev–Trinajstić information content (AvgIpc) is 2.59. The van der Waals surface area contributed by atoms with Crippen LogP contribution in [0.3, 0.4) is 0 Å². The summed E-state index contributed by atoms with van der Waals surface area (Å²) in [6, 6.07) is 0. The Balaban J connectivity index is 2.92. The van der Waals surface area contributed by atoms with Gasteiger partial charge in [-0.3, -0.25) is 9.89 Å². The van der Waals surface area contributed by atoms with Crippen LogP contribution in [0.4, 0.5) is 5.69 Å². The molecular formula is C10H14N4O. The molecule has 1 aromatic heterocycles. The second-order valence-electron chi connectivity index (χ2n) is 3.18. The number of carbonyl (C=O) groups excluding carboxylic acids is 1. The van der Waals surface area contributed by atoms with E-state index in [0.29, 0.717) is 12.1 Å². The van der Waals surface area contributed by atoms with Gasteiger partial charge in [-0.1, -0.05) is 12.8 Å². The number of nitrogens with one attached hydrogen (secondary N) is 1. The zero-order valence-corrected chi connectivity index (χ0v) is 8.87. The van der Waals surface area contributed by atoms with Crippen LogP contribution in [0.5, 0.6) is 0 Å². The number of nitrogens with two attached hydrogens (primary N) is 1. The maximum Gasteiger partial charge on any atom is 0.277 e. The van der Waals surface area contributed by atoms with Crippen LogP contribution in [0.15, 0.2) is 0 Å². The molecule has 0 saturated heterocycles. The van der Waals surface area contributed by atoms with Gasteiger partial charge in [-0.15, -0.1) is 6.42 Å². The van der Waals surface area contributed by atoms with E-state index in [-0.39, 0.29) is 18.1 Å². The third kappa shape index (κ3) is 2.10. The summed E-state index contributed by atoms with van der Waals surface area (Å²) >= 11 is 0. The topological polar surface area (TPSA) is 75.0 Å². The molecule has 1 aromatic rings. The van der Waals surface area contributed by atoms with Crippen molar-refractivity contribution >= 4 is 11.6 Å². The molecule has 1 heterocycles. The van der Waals surface area contributed by atoms with Gasteiger partial charge in [-0.25, -0.2) is 0 Å². The molecule has 0 aliphatic heterocycles. The number of rotatable bonds is 3. The Bertz CT molecular complexity index is 402. The fraction of sp³-hybridized carbons (Fsp3) is 0.400. The zero-order valence-electron chi connectivity index (χ0n) is 8.87. The molecule has 1 amide bonds. The first-order valence-corrected chi connectivity index (χ1v) is 4.63. The zero-order chi connectivity index (χ0) is 11.4. The molecule has 0 aliphatic carbocycles. The lowest BCUT2D eigenvalue weighted by atomic mass is 10.2. The number of nitrogens with zero attached hydrogens (tertiary/aromatic N) is 2. The summed E-state index contributed by atoms with van der Waals surface area (Å²) in [6.45, 7) is 2.18. The Morgan fingerprint density at radius 1 is 1.73 bits per heavy atom. The highest BCUT2D eigenvalue weighted by Gasteiger charge is 2.19. The molecule has 5 heteroatoms. The average molecular weight is 206 g/mol. The van der Waals surface area contributed by atoms with Crippen LogP contribution < -0.4 is 5.73 Å². The minimum atomic E-state index is -0.263. The number of amides is 1. The van der Waals surface area contributed by atoms with Crippen molar-refractivity contribution in [2.24, 2.45) is 0 Å². The largest absolute Gasteiger partial charge is 0.395 e. The lowest BCUT2D eigenvalue weighted by Crippen LogP contribution is -2.28. The van der Waals surface area contributed by atoms with Gasteiger partial charge in [-0.2, -0.15) is 5.10 Å². The van der Waals surface area contributed by atoms with E-state index in [1.54, 1.807) is 7.05 Å². The lowest BCUT2D eigenvalue weighted by Gasteiger charge is -2.11. The summed E-state index contributed by atoms with van der Waals surface area (Å²) in [5.74, 6) is 2.12. The van der Waals surface area contributed by atoms with Crippen molar-refractivity contribution in [1.29, 1.82) is 0 Å². The Morgan fingerprint density at radius 3 is 2.87 bits per heavy atom. The molecule has 5 nitrogen and oxygen atoms in total. The molecule has 15 heavy (non-hydrogen) atoms. The quantitative estimate of drug-likeness (QED) is 0.696. The molecular weight excluding hydrogens is 192 g/mol. The normalized spacial score (nSPS) is 9.67. The van der Waals surface area contributed by atoms with E-state index in [2.05, 4.69) is 16.1 Å². The Kier molecular flexibility index (Phi) is 3.34. The van der Waals surface area contributed by atoms with Gasteiger partial charge < -0.3 is 10.6 Å². The molecule has 0 bridgehead atoms. The van der Waals surface area contributed by atoms with E-state index < -0.39 is 0 Å². The number of terminal acetylenes is 1. The van der Waals surface area contributed by atoms with E-state index in [1.807, 2.05) is 6.92 Å². The predicted molar refractivity (Wildman–Crippen MR) is 58.2 cm³/mol. The van der Waals surface area contributed by atoms with Gasteiger partial charge in [0.2, 0.25) is 0 Å². The summed E-state index contributed by atoms with van der Waals surface area (Å²) in [5, 5.41) is 6.61. The summed E-state index contributed by atoms with van der Waals surface area (Å²) in [5.41, 5.74) is 7.18. The van der Waals surface area contributed by atoms with E-state index in [4.69, 9.17) is 12.2 Å². The number of nitrogen functional groups attached to an aromatic ring is 1. The number of aromatic nitrogens is 2. The fourth-order valence-corrected chi connectivity index (χ4v) is 1.21. The monoisotopic (exact) mass is 206 g/mol. The number of aromatic amines is 1. The molecule has 0 aromatic carbocycles. The van der Waals surface area contributed by atoms with Crippen LogP contribution >= 0.6 is 0 Å². The molecule has 80 valence electrons. The standard InChI is InChI=1S/C10H14N4O/c1-4-6-14(3)10(15)9-8(11)7(5-2)12-13-9/h1H,5-6,11H2,2-3H3,(H,12,13).